The van der Waals surface area contributed by atoms with Crippen molar-refractivity contribution in [3.05, 3.63) is 46.5 Å². The summed E-state index contributed by atoms with van der Waals surface area (Å²) in [4.78, 5) is 3.66. The van der Waals surface area contributed by atoms with Crippen molar-refractivity contribution in [1.82, 2.24) is 9.55 Å². The predicted molar refractivity (Wildman–Crippen MR) is 61.9 cm³/mol. The van der Waals surface area contributed by atoms with Crippen molar-refractivity contribution in [1.29, 1.82) is 0 Å². The van der Waals surface area contributed by atoms with Crippen LogP contribution in [-0.2, 0) is 6.61 Å². The largest absolute Gasteiger partial charge is 0.482 e. The lowest BCUT2D eigenvalue weighted by atomic mass is 10.3. The van der Waals surface area contributed by atoms with Crippen LogP contribution in [0.15, 0.2) is 29.0 Å². The second-order valence-corrected chi connectivity index (χ2v) is 4.43. The van der Waals surface area contributed by atoms with Gasteiger partial charge >= 0.3 is 6.55 Å². The number of benzene rings is 1. The third-order valence-corrected chi connectivity index (χ3v) is 2.73. The minimum absolute atomic E-state index is 0.0882. The van der Waals surface area contributed by atoms with Gasteiger partial charge in [0.2, 0.25) is 5.82 Å². The van der Waals surface area contributed by atoms with E-state index in [0.29, 0.717) is 4.57 Å². The van der Waals surface area contributed by atoms with E-state index in [4.69, 9.17) is 4.74 Å². The number of halogens is 5. The van der Waals surface area contributed by atoms with Gasteiger partial charge in [-0.25, -0.2) is 9.37 Å². The van der Waals surface area contributed by atoms with E-state index in [-0.39, 0.29) is 16.0 Å². The highest BCUT2D eigenvalue weighted by Crippen LogP contribution is 2.26. The Morgan fingerprint density at radius 1 is 1.32 bits per heavy atom. The quantitative estimate of drug-likeness (QED) is 0.624. The lowest BCUT2D eigenvalue weighted by molar-refractivity contribution is 0.0630. The summed E-state index contributed by atoms with van der Waals surface area (Å²) in [5, 5.41) is 0. The van der Waals surface area contributed by atoms with Crippen molar-refractivity contribution in [3.8, 4) is 5.75 Å². The van der Waals surface area contributed by atoms with Crippen molar-refractivity contribution in [2.24, 2.45) is 0 Å². The van der Waals surface area contributed by atoms with E-state index in [9.17, 15) is 17.6 Å². The van der Waals surface area contributed by atoms with Gasteiger partial charge in [0.25, 0.3) is 0 Å². The molecule has 1 aromatic carbocycles. The van der Waals surface area contributed by atoms with Crippen molar-refractivity contribution in [3.63, 3.8) is 0 Å². The van der Waals surface area contributed by atoms with Gasteiger partial charge in [-0.05, 0) is 12.1 Å². The topological polar surface area (TPSA) is 27.1 Å². The van der Waals surface area contributed by atoms with Crippen LogP contribution in [-0.4, -0.2) is 9.55 Å². The SMILES string of the molecule is Fc1cc(Br)cc(OCc2nccn2C(F)F)c1F. The molecule has 0 saturated heterocycles. The monoisotopic (exact) mass is 338 g/mol. The second kappa shape index (κ2) is 5.60. The summed E-state index contributed by atoms with van der Waals surface area (Å²) in [6, 6.07) is 2.14. The highest BCUT2D eigenvalue weighted by molar-refractivity contribution is 9.10. The van der Waals surface area contributed by atoms with Crippen LogP contribution in [0.2, 0.25) is 0 Å². The number of hydrogen-bond donors (Lipinski definition) is 0. The summed E-state index contributed by atoms with van der Waals surface area (Å²) in [6.45, 7) is -3.17. The summed E-state index contributed by atoms with van der Waals surface area (Å²) in [5.74, 6) is -2.74. The van der Waals surface area contributed by atoms with Gasteiger partial charge in [0, 0.05) is 16.9 Å². The predicted octanol–water partition coefficient (Wildman–Crippen LogP) is 3.90. The molecular formula is C11H7BrF4N2O. The van der Waals surface area contributed by atoms with Gasteiger partial charge in [-0.15, -0.1) is 0 Å². The van der Waals surface area contributed by atoms with Crippen molar-refractivity contribution in [2.75, 3.05) is 0 Å². The third-order valence-electron chi connectivity index (χ3n) is 2.28. The molecule has 0 aliphatic carbocycles. The van der Waals surface area contributed by atoms with E-state index in [0.717, 1.165) is 12.3 Å². The maximum atomic E-state index is 13.4. The first-order valence-electron chi connectivity index (χ1n) is 5.06. The molecule has 0 bridgehead atoms. The average molecular weight is 339 g/mol. The van der Waals surface area contributed by atoms with Gasteiger partial charge in [-0.1, -0.05) is 15.9 Å². The molecule has 0 unspecified atom stereocenters. The Balaban J connectivity index is 2.17. The molecular weight excluding hydrogens is 332 g/mol. The number of rotatable bonds is 4. The average Bonchev–Trinajstić information content (AvgIpc) is 2.80. The molecule has 102 valence electrons. The van der Waals surface area contributed by atoms with Crippen LogP contribution in [0.3, 0.4) is 0 Å². The summed E-state index contributed by atoms with van der Waals surface area (Å²) in [5.41, 5.74) is 0. The zero-order valence-electron chi connectivity index (χ0n) is 9.29. The molecule has 0 amide bonds. The molecule has 0 radical (unpaired) electrons. The molecule has 1 heterocycles. The zero-order chi connectivity index (χ0) is 14.0. The van der Waals surface area contributed by atoms with E-state index >= 15 is 0 Å². The van der Waals surface area contributed by atoms with Crippen LogP contribution in [0, 0.1) is 11.6 Å². The Labute approximate surface area is 114 Å². The summed E-state index contributed by atoms with van der Waals surface area (Å²) >= 11 is 2.98. The fraction of sp³-hybridized carbons (Fsp3) is 0.182. The first-order valence-corrected chi connectivity index (χ1v) is 5.85. The molecule has 8 heteroatoms. The van der Waals surface area contributed by atoms with Crippen molar-refractivity contribution in [2.45, 2.75) is 13.2 Å². The van der Waals surface area contributed by atoms with Gasteiger partial charge in [0.05, 0.1) is 0 Å². The fourth-order valence-electron chi connectivity index (χ4n) is 1.41. The number of aromatic nitrogens is 2. The first-order chi connectivity index (χ1) is 8.99. The molecule has 2 aromatic rings. The smallest absolute Gasteiger partial charge is 0.320 e. The Bertz CT molecular complexity index is 588. The normalized spacial score (nSPS) is 11.1. The third kappa shape index (κ3) is 3.06. The molecule has 19 heavy (non-hydrogen) atoms. The van der Waals surface area contributed by atoms with Gasteiger partial charge < -0.3 is 4.74 Å². The summed E-state index contributed by atoms with van der Waals surface area (Å²) in [6.07, 6.45) is 2.24. The highest BCUT2D eigenvalue weighted by atomic mass is 79.9. The molecule has 0 spiro atoms. The molecule has 1 aromatic heterocycles. The van der Waals surface area contributed by atoms with E-state index in [1.54, 1.807) is 0 Å². The molecule has 0 saturated carbocycles. The number of hydrogen-bond acceptors (Lipinski definition) is 2. The Kier molecular flexibility index (Phi) is 4.08. The van der Waals surface area contributed by atoms with Crippen LogP contribution < -0.4 is 4.74 Å². The Hall–Kier alpha value is -1.57. The van der Waals surface area contributed by atoms with Crippen LogP contribution in [0.1, 0.15) is 12.4 Å². The number of nitrogens with zero attached hydrogens (tertiary/aromatic N) is 2. The van der Waals surface area contributed by atoms with Gasteiger partial charge in [0.1, 0.15) is 6.61 Å². The molecule has 0 aliphatic heterocycles. The second-order valence-electron chi connectivity index (χ2n) is 3.52. The lowest BCUT2D eigenvalue weighted by Gasteiger charge is -2.09. The van der Waals surface area contributed by atoms with E-state index in [1.165, 1.54) is 12.3 Å². The number of imidazole rings is 1. The lowest BCUT2D eigenvalue weighted by Crippen LogP contribution is -2.08. The maximum Gasteiger partial charge on any atom is 0.320 e. The summed E-state index contributed by atoms with van der Waals surface area (Å²) < 4.78 is 57.3. The Morgan fingerprint density at radius 2 is 2.05 bits per heavy atom. The Morgan fingerprint density at radius 3 is 2.74 bits per heavy atom. The highest BCUT2D eigenvalue weighted by Gasteiger charge is 2.15. The van der Waals surface area contributed by atoms with Gasteiger partial charge in [-0.2, -0.15) is 13.2 Å². The van der Waals surface area contributed by atoms with Gasteiger partial charge in [0.15, 0.2) is 17.4 Å². The van der Waals surface area contributed by atoms with Crippen LogP contribution in [0.4, 0.5) is 17.6 Å². The van der Waals surface area contributed by atoms with E-state index in [1.807, 2.05) is 0 Å². The summed E-state index contributed by atoms with van der Waals surface area (Å²) in [7, 11) is 0. The van der Waals surface area contributed by atoms with Crippen LogP contribution in [0.25, 0.3) is 0 Å². The number of alkyl halides is 2. The van der Waals surface area contributed by atoms with Crippen molar-refractivity contribution < 1.29 is 22.3 Å². The van der Waals surface area contributed by atoms with E-state index in [2.05, 4.69) is 20.9 Å². The first kappa shape index (κ1) is 13.9. The minimum atomic E-state index is -2.77. The van der Waals surface area contributed by atoms with Crippen LogP contribution in [0.5, 0.6) is 5.75 Å². The van der Waals surface area contributed by atoms with E-state index < -0.39 is 24.8 Å². The molecule has 0 aliphatic rings. The maximum absolute atomic E-state index is 13.4. The fourth-order valence-corrected chi connectivity index (χ4v) is 1.82. The molecule has 2 rings (SSSR count). The van der Waals surface area contributed by atoms with Crippen LogP contribution >= 0.6 is 15.9 Å². The molecule has 0 N–H and O–H groups in total. The van der Waals surface area contributed by atoms with Gasteiger partial charge in [-0.3, -0.25) is 4.57 Å². The zero-order valence-corrected chi connectivity index (χ0v) is 10.9. The minimum Gasteiger partial charge on any atom is -0.482 e. The molecule has 0 fully saturated rings. The van der Waals surface area contributed by atoms with Crippen molar-refractivity contribution >= 4 is 15.9 Å². The standard InChI is InChI=1S/C11H7BrF4N2O/c12-6-3-7(13)10(14)8(4-6)19-5-9-17-1-2-18(9)11(15)16/h1-4,11H,5H2. The number of ether oxygens (including phenoxy) is 1. The molecule has 0 atom stereocenters. The molecule has 3 nitrogen and oxygen atoms in total.